The molecule has 5 rings (SSSR count). The molecular weight excluding hydrogens is 472 g/mol. The van der Waals surface area contributed by atoms with Crippen LogP contribution in [0.1, 0.15) is 67.0 Å². The highest BCUT2D eigenvalue weighted by atomic mass is 16.3. The average Bonchev–Trinajstić information content (AvgIpc) is 2.92. The number of fused-ring (bicyclic) bond motifs is 2. The summed E-state index contributed by atoms with van der Waals surface area (Å²) in [4.78, 5) is 27.7. The standard InChI is InChI=1S/C33H38N2O3/c1-21(2)32-17-31-28(18-35(32)20-36)8-7-27(33(31)25-9-11-30(38)12-10-25)15-22(3)26-6-5-24-13-14-34(23(4)37)19-29(24)16-26/h5-12,16,20-22,32,38H,13-15,17-19H2,1-4H3. The number of carbonyl (C=O) groups excluding carboxylic acids is 2. The Morgan fingerprint density at radius 1 is 1.00 bits per heavy atom. The molecule has 3 aromatic carbocycles. The highest BCUT2D eigenvalue weighted by Gasteiger charge is 2.30. The number of phenolic OH excluding ortho intramolecular Hbond substituents is 1. The molecule has 5 heteroatoms. The van der Waals surface area contributed by atoms with Gasteiger partial charge in [0.25, 0.3) is 0 Å². The zero-order chi connectivity index (χ0) is 27.0. The van der Waals surface area contributed by atoms with Crippen molar-refractivity contribution in [1.29, 1.82) is 0 Å². The van der Waals surface area contributed by atoms with Crippen LogP contribution in [0.2, 0.25) is 0 Å². The molecule has 198 valence electrons. The van der Waals surface area contributed by atoms with Gasteiger partial charge in [0.1, 0.15) is 5.75 Å². The Labute approximate surface area is 226 Å². The third kappa shape index (κ3) is 5.07. The average molecular weight is 511 g/mol. The molecule has 2 unspecified atom stereocenters. The second kappa shape index (κ2) is 10.6. The summed E-state index contributed by atoms with van der Waals surface area (Å²) in [5, 5.41) is 9.97. The van der Waals surface area contributed by atoms with E-state index in [2.05, 4.69) is 51.1 Å². The van der Waals surface area contributed by atoms with Crippen molar-refractivity contribution in [2.45, 2.75) is 72.0 Å². The van der Waals surface area contributed by atoms with Crippen LogP contribution in [0.3, 0.4) is 0 Å². The number of phenols is 1. The summed E-state index contributed by atoms with van der Waals surface area (Å²) < 4.78 is 0. The third-order valence-corrected chi connectivity index (χ3v) is 8.53. The number of amides is 2. The molecule has 0 saturated heterocycles. The van der Waals surface area contributed by atoms with Gasteiger partial charge in [-0.1, -0.05) is 63.2 Å². The Kier molecular flexibility index (Phi) is 7.29. The van der Waals surface area contributed by atoms with Crippen LogP contribution in [0.25, 0.3) is 11.1 Å². The van der Waals surface area contributed by atoms with Gasteiger partial charge in [0.05, 0.1) is 0 Å². The summed E-state index contributed by atoms with van der Waals surface area (Å²) >= 11 is 0. The van der Waals surface area contributed by atoms with E-state index in [1.807, 2.05) is 21.9 Å². The Morgan fingerprint density at radius 3 is 2.42 bits per heavy atom. The van der Waals surface area contributed by atoms with Crippen LogP contribution < -0.4 is 0 Å². The van der Waals surface area contributed by atoms with Gasteiger partial charge in [-0.05, 0) is 87.7 Å². The molecule has 1 N–H and O–H groups in total. The lowest BCUT2D eigenvalue weighted by Gasteiger charge is -2.38. The van der Waals surface area contributed by atoms with Crippen molar-refractivity contribution in [3.8, 4) is 16.9 Å². The summed E-state index contributed by atoms with van der Waals surface area (Å²) in [5.74, 6) is 1.04. The second-order valence-electron chi connectivity index (χ2n) is 11.4. The highest BCUT2D eigenvalue weighted by Crippen LogP contribution is 2.39. The van der Waals surface area contributed by atoms with E-state index >= 15 is 0 Å². The van der Waals surface area contributed by atoms with Gasteiger partial charge < -0.3 is 14.9 Å². The summed E-state index contributed by atoms with van der Waals surface area (Å²) in [7, 11) is 0. The van der Waals surface area contributed by atoms with Crippen LogP contribution in [-0.2, 0) is 41.9 Å². The zero-order valence-corrected chi connectivity index (χ0v) is 22.9. The molecule has 0 fully saturated rings. The first-order chi connectivity index (χ1) is 18.2. The molecule has 2 atom stereocenters. The molecule has 0 aliphatic carbocycles. The molecular formula is C33H38N2O3. The van der Waals surface area contributed by atoms with Gasteiger partial charge in [0.15, 0.2) is 0 Å². The van der Waals surface area contributed by atoms with E-state index in [0.29, 0.717) is 19.0 Å². The molecule has 0 spiro atoms. The van der Waals surface area contributed by atoms with E-state index in [-0.39, 0.29) is 23.6 Å². The summed E-state index contributed by atoms with van der Waals surface area (Å²) in [5.41, 5.74) is 10.0. The quantitative estimate of drug-likeness (QED) is 0.423. The number of nitrogens with zero attached hydrogens (tertiary/aromatic N) is 2. The fraction of sp³-hybridized carbons (Fsp3) is 0.394. The first kappa shape index (κ1) is 26.0. The van der Waals surface area contributed by atoms with Crippen molar-refractivity contribution in [2.24, 2.45) is 5.92 Å². The Hall–Kier alpha value is -3.60. The molecule has 2 aliphatic heterocycles. The van der Waals surface area contributed by atoms with Gasteiger partial charge in [-0.2, -0.15) is 0 Å². The number of hydrogen-bond acceptors (Lipinski definition) is 3. The highest BCUT2D eigenvalue weighted by molar-refractivity contribution is 5.75. The maximum atomic E-state index is 12.0. The second-order valence-corrected chi connectivity index (χ2v) is 11.4. The van der Waals surface area contributed by atoms with E-state index in [0.717, 1.165) is 37.8 Å². The third-order valence-electron chi connectivity index (χ3n) is 8.53. The molecule has 0 radical (unpaired) electrons. The molecule has 2 aliphatic rings. The lowest BCUT2D eigenvalue weighted by atomic mass is 9.79. The van der Waals surface area contributed by atoms with Gasteiger partial charge in [-0.25, -0.2) is 0 Å². The number of benzene rings is 3. The number of hydrogen-bond donors (Lipinski definition) is 1. The fourth-order valence-corrected chi connectivity index (χ4v) is 6.25. The van der Waals surface area contributed by atoms with Crippen molar-refractivity contribution < 1.29 is 14.7 Å². The van der Waals surface area contributed by atoms with E-state index in [4.69, 9.17) is 0 Å². The van der Waals surface area contributed by atoms with E-state index in [9.17, 15) is 14.7 Å². The van der Waals surface area contributed by atoms with Crippen molar-refractivity contribution in [1.82, 2.24) is 9.80 Å². The molecule has 38 heavy (non-hydrogen) atoms. The minimum atomic E-state index is 0.134. The Balaban J connectivity index is 1.52. The van der Waals surface area contributed by atoms with E-state index < -0.39 is 0 Å². The number of rotatable bonds is 6. The van der Waals surface area contributed by atoms with Crippen molar-refractivity contribution in [2.75, 3.05) is 6.54 Å². The lowest BCUT2D eigenvalue weighted by molar-refractivity contribution is -0.129. The first-order valence-electron chi connectivity index (χ1n) is 13.8. The summed E-state index contributed by atoms with van der Waals surface area (Å²) in [6, 6.07) is 18.9. The maximum absolute atomic E-state index is 12.0. The molecule has 0 bridgehead atoms. The van der Waals surface area contributed by atoms with Crippen LogP contribution in [-0.4, -0.2) is 39.8 Å². The molecule has 2 heterocycles. The lowest BCUT2D eigenvalue weighted by Crippen LogP contribution is -2.43. The molecule has 5 nitrogen and oxygen atoms in total. The van der Waals surface area contributed by atoms with E-state index in [1.165, 1.54) is 38.9 Å². The number of carbonyl (C=O) groups is 2. The number of aromatic hydroxyl groups is 1. The van der Waals surface area contributed by atoms with Gasteiger partial charge in [0, 0.05) is 32.6 Å². The van der Waals surface area contributed by atoms with Gasteiger partial charge in [-0.15, -0.1) is 0 Å². The fourth-order valence-electron chi connectivity index (χ4n) is 6.25. The summed E-state index contributed by atoms with van der Waals surface area (Å²) in [6.45, 7) is 10.4. The minimum absolute atomic E-state index is 0.134. The van der Waals surface area contributed by atoms with Crippen LogP contribution >= 0.6 is 0 Å². The van der Waals surface area contributed by atoms with Crippen molar-refractivity contribution >= 4 is 12.3 Å². The predicted octanol–water partition coefficient (Wildman–Crippen LogP) is 5.85. The normalized spacial score (nSPS) is 17.7. The smallest absolute Gasteiger partial charge is 0.219 e. The molecule has 0 aromatic heterocycles. The van der Waals surface area contributed by atoms with Gasteiger partial charge in [-0.3, -0.25) is 9.59 Å². The van der Waals surface area contributed by atoms with Crippen molar-refractivity contribution in [3.05, 3.63) is 88.0 Å². The zero-order valence-electron chi connectivity index (χ0n) is 22.9. The topological polar surface area (TPSA) is 60.9 Å². The van der Waals surface area contributed by atoms with Gasteiger partial charge in [0.2, 0.25) is 12.3 Å². The largest absolute Gasteiger partial charge is 0.508 e. The Morgan fingerprint density at radius 2 is 1.74 bits per heavy atom. The predicted molar refractivity (Wildman–Crippen MR) is 151 cm³/mol. The van der Waals surface area contributed by atoms with Crippen LogP contribution in [0.15, 0.2) is 54.6 Å². The Bertz CT molecular complexity index is 1350. The SMILES string of the molecule is CC(=O)N1CCc2ccc(C(C)Cc3ccc4c(c3-c3ccc(O)cc3)CC(C(C)C)N(C=O)C4)cc2C1. The monoisotopic (exact) mass is 510 g/mol. The van der Waals surface area contributed by atoms with Crippen LogP contribution in [0, 0.1) is 5.92 Å². The van der Waals surface area contributed by atoms with Crippen molar-refractivity contribution in [3.63, 3.8) is 0 Å². The first-order valence-corrected chi connectivity index (χ1v) is 13.8. The molecule has 3 aromatic rings. The van der Waals surface area contributed by atoms with Crippen LogP contribution in [0.4, 0.5) is 0 Å². The molecule has 0 saturated carbocycles. The minimum Gasteiger partial charge on any atom is -0.508 e. The van der Waals surface area contributed by atoms with Crippen LogP contribution in [0.5, 0.6) is 5.75 Å². The summed E-state index contributed by atoms with van der Waals surface area (Å²) in [6.07, 6.45) is 3.60. The van der Waals surface area contributed by atoms with E-state index in [1.54, 1.807) is 19.1 Å². The van der Waals surface area contributed by atoms with Gasteiger partial charge >= 0.3 is 0 Å². The molecule has 2 amide bonds. The maximum Gasteiger partial charge on any atom is 0.219 e.